The molecule has 104 valence electrons. The summed E-state index contributed by atoms with van der Waals surface area (Å²) in [5.74, 6) is -3.22. The van der Waals surface area contributed by atoms with E-state index in [1.54, 1.807) is 13.8 Å². The zero-order valence-corrected chi connectivity index (χ0v) is 10.6. The number of hydrogen-bond donors (Lipinski definition) is 2. The van der Waals surface area contributed by atoms with E-state index >= 15 is 0 Å². The second-order valence-corrected chi connectivity index (χ2v) is 3.64. The number of ether oxygens (including phenoxy) is 1. The molecule has 1 aromatic heterocycles. The highest BCUT2D eigenvalue weighted by Gasteiger charge is 2.28. The second kappa shape index (κ2) is 6.79. The fourth-order valence-electron chi connectivity index (χ4n) is 1.44. The van der Waals surface area contributed by atoms with E-state index in [1.165, 1.54) is 0 Å². The van der Waals surface area contributed by atoms with Crippen LogP contribution in [0.15, 0.2) is 12.3 Å². The highest BCUT2D eigenvalue weighted by Crippen LogP contribution is 2.14. The van der Waals surface area contributed by atoms with Gasteiger partial charge in [0.25, 0.3) is 0 Å². The van der Waals surface area contributed by atoms with Crippen molar-refractivity contribution in [2.75, 3.05) is 13.2 Å². The lowest BCUT2D eigenvalue weighted by atomic mass is 10.1. The summed E-state index contributed by atoms with van der Waals surface area (Å²) in [6, 6.07) is -0.385. The average Bonchev–Trinajstić information content (AvgIpc) is 2.38. The van der Waals surface area contributed by atoms with E-state index in [0.717, 1.165) is 12.3 Å². The average molecular weight is 270 g/mol. The summed E-state index contributed by atoms with van der Waals surface area (Å²) in [7, 11) is 0. The first-order valence-electron chi connectivity index (χ1n) is 5.80. The van der Waals surface area contributed by atoms with Crippen LogP contribution in [0.2, 0.25) is 0 Å². The van der Waals surface area contributed by atoms with Crippen LogP contribution in [0, 0.1) is 5.82 Å². The summed E-state index contributed by atoms with van der Waals surface area (Å²) >= 11 is 0. The molecule has 0 amide bonds. The summed E-state index contributed by atoms with van der Waals surface area (Å²) in [5.41, 5.74) is -0.116. The normalized spacial score (nSPS) is 11.9. The summed E-state index contributed by atoms with van der Waals surface area (Å²) in [4.78, 5) is 27.0. The smallest absolute Gasteiger partial charge is 0.331 e. The molecule has 7 heteroatoms. The maximum Gasteiger partial charge on any atom is 0.331 e. The lowest BCUT2D eigenvalue weighted by Gasteiger charge is -2.15. The minimum absolute atomic E-state index is 0.116. The number of carbonyl (C=O) groups is 2. The molecule has 19 heavy (non-hydrogen) atoms. The van der Waals surface area contributed by atoms with Crippen molar-refractivity contribution in [3.8, 4) is 5.88 Å². The molecule has 1 rings (SSSR count). The van der Waals surface area contributed by atoms with Gasteiger partial charge in [-0.05, 0) is 19.5 Å². The van der Waals surface area contributed by atoms with Gasteiger partial charge in [-0.3, -0.25) is 10.1 Å². The minimum atomic E-state index is -1.21. The van der Waals surface area contributed by atoms with Gasteiger partial charge < -0.3 is 9.84 Å². The fourth-order valence-corrected chi connectivity index (χ4v) is 1.44. The van der Waals surface area contributed by atoms with Gasteiger partial charge in [-0.15, -0.1) is 0 Å². The van der Waals surface area contributed by atoms with Gasteiger partial charge >= 0.3 is 5.97 Å². The van der Waals surface area contributed by atoms with Crippen LogP contribution in [0.25, 0.3) is 0 Å². The predicted molar refractivity (Wildman–Crippen MR) is 64.3 cm³/mol. The molecule has 1 unspecified atom stereocenters. The third-order valence-electron chi connectivity index (χ3n) is 2.30. The fraction of sp³-hybridized carbons (Fsp3) is 0.417. The molecule has 0 aliphatic rings. The first kappa shape index (κ1) is 15.0. The molecule has 0 aliphatic carbocycles. The van der Waals surface area contributed by atoms with Crippen LogP contribution < -0.4 is 5.32 Å². The molecule has 1 atom stereocenters. The molecule has 0 aromatic carbocycles. The number of pyridine rings is 1. The van der Waals surface area contributed by atoms with Gasteiger partial charge in [-0.2, -0.15) is 0 Å². The van der Waals surface area contributed by atoms with Crippen molar-refractivity contribution in [2.45, 2.75) is 19.9 Å². The Balaban J connectivity index is 2.98. The van der Waals surface area contributed by atoms with Crippen molar-refractivity contribution in [3.63, 3.8) is 0 Å². The van der Waals surface area contributed by atoms with E-state index in [-0.39, 0.29) is 12.2 Å². The molecule has 0 bridgehead atoms. The van der Waals surface area contributed by atoms with Gasteiger partial charge in [-0.25, -0.2) is 14.2 Å². The largest absolute Gasteiger partial charge is 0.491 e. The van der Waals surface area contributed by atoms with Gasteiger partial charge in [0.2, 0.25) is 5.88 Å². The van der Waals surface area contributed by atoms with Crippen molar-refractivity contribution in [1.82, 2.24) is 10.3 Å². The number of rotatable bonds is 6. The second-order valence-electron chi connectivity index (χ2n) is 3.64. The van der Waals surface area contributed by atoms with Crippen molar-refractivity contribution < 1.29 is 23.8 Å². The number of Topliss-reactive ketones (excluding diaryl/α,β-unsaturated/α-hetero) is 1. The summed E-state index contributed by atoms with van der Waals surface area (Å²) < 4.78 is 17.9. The summed E-state index contributed by atoms with van der Waals surface area (Å²) in [5, 5.41) is 11.6. The first-order chi connectivity index (χ1) is 9.01. The molecular weight excluding hydrogens is 255 g/mol. The van der Waals surface area contributed by atoms with Crippen molar-refractivity contribution in [1.29, 1.82) is 0 Å². The number of ketones is 1. The number of nitrogens with one attached hydrogen (secondary N) is 1. The Kier molecular flexibility index (Phi) is 5.37. The van der Waals surface area contributed by atoms with E-state index in [1.807, 2.05) is 0 Å². The molecule has 1 aromatic rings. The number of halogens is 1. The highest BCUT2D eigenvalue weighted by molar-refractivity contribution is 6.11. The maximum atomic E-state index is 13.1. The molecule has 0 fully saturated rings. The number of aromatic hydroxyl groups is 1. The number of aromatic nitrogens is 1. The molecule has 0 spiro atoms. The Morgan fingerprint density at radius 1 is 1.53 bits per heavy atom. The lowest BCUT2D eigenvalue weighted by molar-refractivity contribution is -0.144. The van der Waals surface area contributed by atoms with Crippen LogP contribution in [-0.2, 0) is 9.53 Å². The van der Waals surface area contributed by atoms with E-state index in [4.69, 9.17) is 9.84 Å². The SMILES string of the molecule is CCNC(C(=O)OCC)C(=O)c1cnc(O)c(F)c1. The summed E-state index contributed by atoms with van der Waals surface area (Å²) in [6.45, 7) is 3.84. The molecule has 0 radical (unpaired) electrons. The number of likely N-dealkylation sites (N-methyl/N-ethyl adjacent to an activating group) is 1. The van der Waals surface area contributed by atoms with Gasteiger partial charge in [0.05, 0.1) is 6.61 Å². The quantitative estimate of drug-likeness (QED) is 0.448. The molecule has 0 saturated carbocycles. The highest BCUT2D eigenvalue weighted by atomic mass is 19.1. The Bertz CT molecular complexity index is 479. The van der Waals surface area contributed by atoms with Crippen LogP contribution >= 0.6 is 0 Å². The Morgan fingerprint density at radius 2 is 2.21 bits per heavy atom. The topological polar surface area (TPSA) is 88.5 Å². The van der Waals surface area contributed by atoms with E-state index in [9.17, 15) is 14.0 Å². The number of hydrogen-bond acceptors (Lipinski definition) is 6. The minimum Gasteiger partial charge on any atom is -0.491 e. The van der Waals surface area contributed by atoms with Crippen molar-refractivity contribution in [3.05, 3.63) is 23.6 Å². The molecule has 2 N–H and O–H groups in total. The Labute approximate surface area is 109 Å². The van der Waals surface area contributed by atoms with Gasteiger partial charge in [-0.1, -0.05) is 6.92 Å². The lowest BCUT2D eigenvalue weighted by Crippen LogP contribution is -2.44. The van der Waals surface area contributed by atoms with Crippen LogP contribution in [0.5, 0.6) is 5.88 Å². The molecule has 0 saturated heterocycles. The number of nitrogens with zero attached hydrogens (tertiary/aromatic N) is 1. The van der Waals surface area contributed by atoms with E-state index in [0.29, 0.717) is 6.54 Å². The van der Waals surface area contributed by atoms with Crippen LogP contribution in [0.1, 0.15) is 24.2 Å². The number of esters is 1. The zero-order chi connectivity index (χ0) is 14.4. The van der Waals surface area contributed by atoms with Crippen LogP contribution in [-0.4, -0.2) is 41.0 Å². The molecular formula is C12H15FN2O4. The van der Waals surface area contributed by atoms with Gasteiger partial charge in [0.1, 0.15) is 0 Å². The molecule has 6 nitrogen and oxygen atoms in total. The van der Waals surface area contributed by atoms with Gasteiger partial charge in [0, 0.05) is 11.8 Å². The summed E-state index contributed by atoms with van der Waals surface area (Å²) in [6.07, 6.45) is 1.00. The van der Waals surface area contributed by atoms with E-state index in [2.05, 4.69) is 10.3 Å². The zero-order valence-electron chi connectivity index (χ0n) is 10.6. The van der Waals surface area contributed by atoms with Crippen molar-refractivity contribution in [2.24, 2.45) is 0 Å². The van der Waals surface area contributed by atoms with Crippen LogP contribution in [0.3, 0.4) is 0 Å². The predicted octanol–water partition coefficient (Wildman–Crippen LogP) is 0.650. The first-order valence-corrected chi connectivity index (χ1v) is 5.80. The third-order valence-corrected chi connectivity index (χ3v) is 2.30. The Hall–Kier alpha value is -2.02. The standard InChI is InChI=1S/C12H15FN2O4/c1-3-14-9(12(18)19-4-2)10(16)7-5-8(13)11(17)15-6-7/h5-6,9,14H,3-4H2,1-2H3,(H,15,17). The number of carbonyl (C=O) groups excluding carboxylic acids is 2. The van der Waals surface area contributed by atoms with E-state index < -0.39 is 29.5 Å². The third kappa shape index (κ3) is 3.72. The monoisotopic (exact) mass is 270 g/mol. The molecule has 0 aliphatic heterocycles. The van der Waals surface area contributed by atoms with Gasteiger partial charge in [0.15, 0.2) is 17.6 Å². The molecule has 1 heterocycles. The van der Waals surface area contributed by atoms with Crippen LogP contribution in [0.4, 0.5) is 4.39 Å². The maximum absolute atomic E-state index is 13.1. The Morgan fingerprint density at radius 3 is 2.74 bits per heavy atom. The van der Waals surface area contributed by atoms with Crippen molar-refractivity contribution >= 4 is 11.8 Å².